The lowest BCUT2D eigenvalue weighted by molar-refractivity contribution is -0.160. The van der Waals surface area contributed by atoms with Crippen molar-refractivity contribution in [3.63, 3.8) is 0 Å². The summed E-state index contributed by atoms with van der Waals surface area (Å²) in [6.45, 7) is 13.1. The minimum Gasteiger partial charge on any atom is -0.479 e. The van der Waals surface area contributed by atoms with Crippen LogP contribution in [-0.2, 0) is 27.3 Å². The number of carbonyl (C=O) groups is 2. The number of amides is 1. The Bertz CT molecular complexity index is 1140. The molecule has 2 aromatic carbocycles. The molecule has 1 aliphatic heterocycles. The lowest BCUT2D eigenvalue weighted by atomic mass is 9.79. The average Bonchev–Trinajstić information content (AvgIpc) is 2.84. The number of carboxylic acids is 1. The van der Waals surface area contributed by atoms with Crippen molar-refractivity contribution in [1.82, 2.24) is 4.90 Å². The number of rotatable bonds is 5. The Labute approximate surface area is 215 Å². The van der Waals surface area contributed by atoms with E-state index in [1.54, 1.807) is 0 Å². The van der Waals surface area contributed by atoms with Gasteiger partial charge >= 0.3 is 5.97 Å². The number of benzene rings is 2. The van der Waals surface area contributed by atoms with E-state index >= 15 is 0 Å². The quantitative estimate of drug-likeness (QED) is 0.506. The largest absolute Gasteiger partial charge is 0.479 e. The minimum atomic E-state index is -1.08. The van der Waals surface area contributed by atoms with Gasteiger partial charge in [0, 0.05) is 24.6 Å². The summed E-state index contributed by atoms with van der Waals surface area (Å²) in [4.78, 5) is 28.0. The van der Waals surface area contributed by atoms with Gasteiger partial charge in [-0.2, -0.15) is 0 Å². The van der Waals surface area contributed by atoms with E-state index in [4.69, 9.17) is 4.74 Å². The first-order valence-electron chi connectivity index (χ1n) is 13.4. The average molecular weight is 492 g/mol. The highest BCUT2D eigenvalue weighted by molar-refractivity contribution is 5.85. The first-order valence-corrected chi connectivity index (χ1v) is 13.4. The highest BCUT2D eigenvalue weighted by Crippen LogP contribution is 2.43. The Morgan fingerprint density at radius 1 is 0.972 bits per heavy atom. The predicted octanol–water partition coefficient (Wildman–Crippen LogP) is 6.68. The smallest absolute Gasteiger partial charge is 0.337 e. The van der Waals surface area contributed by atoms with E-state index in [1.165, 1.54) is 17.5 Å². The van der Waals surface area contributed by atoms with E-state index in [0.717, 1.165) is 65.5 Å². The highest BCUT2D eigenvalue weighted by atomic mass is 16.5. The lowest BCUT2D eigenvalue weighted by Gasteiger charge is -2.37. The van der Waals surface area contributed by atoms with Gasteiger partial charge in [-0.3, -0.25) is 4.79 Å². The fraction of sp³-hybridized carbons (Fsp3) is 0.548. The van der Waals surface area contributed by atoms with Crippen molar-refractivity contribution < 1.29 is 19.4 Å². The van der Waals surface area contributed by atoms with Crippen LogP contribution in [-0.4, -0.2) is 34.0 Å². The first-order chi connectivity index (χ1) is 17.0. The van der Waals surface area contributed by atoms with Gasteiger partial charge in [-0.1, -0.05) is 49.1 Å². The van der Waals surface area contributed by atoms with E-state index in [1.807, 2.05) is 39.5 Å². The zero-order valence-electron chi connectivity index (χ0n) is 22.7. The van der Waals surface area contributed by atoms with Crippen molar-refractivity contribution in [3.05, 3.63) is 57.6 Å². The van der Waals surface area contributed by atoms with Crippen molar-refractivity contribution in [2.45, 2.75) is 98.3 Å². The lowest BCUT2D eigenvalue weighted by Crippen LogP contribution is -2.41. The molecule has 1 N–H and O–H groups in total. The SMILES string of the molecule is Cc1ccc(-c2c(C)c3c(c(C)c2C(OC(C)(C)C)C(=O)O)CCN(C(=O)C2CCCCC2)C3)cc1. The molecular weight excluding hydrogens is 450 g/mol. The third kappa shape index (κ3) is 5.36. The van der Waals surface area contributed by atoms with Crippen LogP contribution in [0.1, 0.15) is 92.4 Å². The Hall–Kier alpha value is -2.66. The van der Waals surface area contributed by atoms with Gasteiger partial charge in [-0.15, -0.1) is 0 Å². The number of fused-ring (bicyclic) bond motifs is 1. The number of carboxylic acid groups (broad SMARTS) is 1. The van der Waals surface area contributed by atoms with Crippen LogP contribution in [0.2, 0.25) is 0 Å². The topological polar surface area (TPSA) is 66.8 Å². The van der Waals surface area contributed by atoms with Gasteiger partial charge in [-0.25, -0.2) is 4.79 Å². The summed E-state index contributed by atoms with van der Waals surface area (Å²) >= 11 is 0. The Balaban J connectivity index is 1.85. The van der Waals surface area contributed by atoms with Gasteiger partial charge in [0.15, 0.2) is 6.10 Å². The van der Waals surface area contributed by atoms with Crippen molar-refractivity contribution in [1.29, 1.82) is 0 Å². The summed E-state index contributed by atoms with van der Waals surface area (Å²) in [5, 5.41) is 10.3. The molecule has 1 atom stereocenters. The van der Waals surface area contributed by atoms with Crippen molar-refractivity contribution in [3.8, 4) is 11.1 Å². The molecule has 36 heavy (non-hydrogen) atoms. The van der Waals surface area contributed by atoms with Crippen LogP contribution in [0, 0.1) is 26.7 Å². The molecule has 4 rings (SSSR count). The predicted molar refractivity (Wildman–Crippen MR) is 143 cm³/mol. The standard InChI is InChI=1S/C31H41NO4/c1-19-12-14-22(15-13-19)26-21(3)25-18-32(29(33)23-10-8-7-9-11-23)17-16-24(25)20(2)27(26)28(30(34)35)36-31(4,5)6/h12-15,23,28H,7-11,16-18H2,1-6H3,(H,34,35). The van der Waals surface area contributed by atoms with Gasteiger partial charge in [0.2, 0.25) is 5.91 Å². The minimum absolute atomic E-state index is 0.147. The number of hydrogen-bond acceptors (Lipinski definition) is 3. The maximum Gasteiger partial charge on any atom is 0.337 e. The second kappa shape index (κ2) is 10.4. The van der Waals surface area contributed by atoms with E-state index in [-0.39, 0.29) is 11.8 Å². The van der Waals surface area contributed by atoms with Gasteiger partial charge in [0.1, 0.15) is 0 Å². The number of aliphatic carboxylic acids is 1. The molecule has 2 aliphatic rings. The number of aryl methyl sites for hydroxylation is 1. The van der Waals surface area contributed by atoms with E-state index in [2.05, 4.69) is 31.2 Å². The summed E-state index contributed by atoms with van der Waals surface area (Å²) < 4.78 is 6.17. The summed E-state index contributed by atoms with van der Waals surface area (Å²) in [7, 11) is 0. The van der Waals surface area contributed by atoms with Gasteiger partial charge in [0.05, 0.1) is 5.60 Å². The molecule has 0 saturated heterocycles. The molecule has 0 bridgehead atoms. The van der Waals surface area contributed by atoms with Crippen LogP contribution in [0.25, 0.3) is 11.1 Å². The highest BCUT2D eigenvalue weighted by Gasteiger charge is 2.36. The molecule has 1 fully saturated rings. The van der Waals surface area contributed by atoms with E-state index in [9.17, 15) is 14.7 Å². The summed E-state index contributed by atoms with van der Waals surface area (Å²) in [5.41, 5.74) is 7.56. The van der Waals surface area contributed by atoms with Crippen LogP contribution in [0.4, 0.5) is 0 Å². The molecule has 0 aromatic heterocycles. The molecule has 5 nitrogen and oxygen atoms in total. The first kappa shape index (κ1) is 26.4. The molecule has 1 aliphatic carbocycles. The molecule has 0 spiro atoms. The molecular formula is C31H41NO4. The zero-order valence-corrected chi connectivity index (χ0v) is 22.7. The molecule has 1 heterocycles. The molecule has 194 valence electrons. The Morgan fingerprint density at radius 3 is 2.19 bits per heavy atom. The zero-order chi connectivity index (χ0) is 26.2. The molecule has 1 saturated carbocycles. The number of ether oxygens (including phenoxy) is 1. The van der Waals surface area contributed by atoms with Crippen molar-refractivity contribution in [2.24, 2.45) is 5.92 Å². The molecule has 0 radical (unpaired) electrons. The summed E-state index contributed by atoms with van der Waals surface area (Å²) in [6, 6.07) is 8.26. The van der Waals surface area contributed by atoms with Crippen LogP contribution < -0.4 is 0 Å². The maximum absolute atomic E-state index is 13.4. The molecule has 1 amide bonds. The number of hydrogen-bond donors (Lipinski definition) is 1. The summed E-state index contributed by atoms with van der Waals surface area (Å²) in [6.07, 6.45) is 5.18. The molecule has 5 heteroatoms. The van der Waals surface area contributed by atoms with Crippen molar-refractivity contribution >= 4 is 11.9 Å². The monoisotopic (exact) mass is 491 g/mol. The van der Waals surface area contributed by atoms with Gasteiger partial charge in [0.25, 0.3) is 0 Å². The number of nitrogens with zero attached hydrogens (tertiary/aromatic N) is 1. The van der Waals surface area contributed by atoms with E-state index in [0.29, 0.717) is 13.1 Å². The fourth-order valence-electron chi connectivity index (χ4n) is 6.03. The Morgan fingerprint density at radius 2 is 1.61 bits per heavy atom. The van der Waals surface area contributed by atoms with Gasteiger partial charge < -0.3 is 14.7 Å². The third-order valence-corrected chi connectivity index (χ3v) is 7.86. The van der Waals surface area contributed by atoms with E-state index < -0.39 is 17.7 Å². The van der Waals surface area contributed by atoms with Gasteiger partial charge in [-0.05, 0) is 94.2 Å². The third-order valence-electron chi connectivity index (χ3n) is 7.86. The van der Waals surface area contributed by atoms with Crippen molar-refractivity contribution in [2.75, 3.05) is 6.54 Å². The van der Waals surface area contributed by atoms with Crippen LogP contribution in [0.5, 0.6) is 0 Å². The van der Waals surface area contributed by atoms with Crippen LogP contribution in [0.15, 0.2) is 24.3 Å². The summed E-state index contributed by atoms with van der Waals surface area (Å²) in [5.74, 6) is -0.544. The number of carbonyl (C=O) groups excluding carboxylic acids is 1. The van der Waals surface area contributed by atoms with Crippen LogP contribution >= 0.6 is 0 Å². The maximum atomic E-state index is 13.4. The second-order valence-electron chi connectivity index (χ2n) is 11.7. The second-order valence-corrected chi connectivity index (χ2v) is 11.7. The Kier molecular flexibility index (Phi) is 7.61. The van der Waals surface area contributed by atoms with Crippen LogP contribution in [0.3, 0.4) is 0 Å². The normalized spacial score (nSPS) is 17.6. The molecule has 1 unspecified atom stereocenters. The molecule has 2 aromatic rings. The fourth-order valence-corrected chi connectivity index (χ4v) is 6.03.